The lowest BCUT2D eigenvalue weighted by Gasteiger charge is -2.28. The molecule has 15 heavy (non-hydrogen) atoms. The van der Waals surface area contributed by atoms with Crippen LogP contribution < -0.4 is 5.32 Å². The maximum absolute atomic E-state index is 13.6. The molecular formula is C11H13ClFNS. The van der Waals surface area contributed by atoms with Crippen molar-refractivity contribution in [1.29, 1.82) is 0 Å². The largest absolute Gasteiger partial charge is 0.299 e. The molecule has 0 bridgehead atoms. The molecule has 2 rings (SSSR count). The van der Waals surface area contributed by atoms with Crippen LogP contribution in [0, 0.1) is 5.82 Å². The molecule has 1 saturated heterocycles. The maximum atomic E-state index is 13.6. The van der Waals surface area contributed by atoms with E-state index >= 15 is 0 Å². The highest BCUT2D eigenvalue weighted by Gasteiger charge is 2.22. The highest BCUT2D eigenvalue weighted by atomic mass is 35.5. The van der Waals surface area contributed by atoms with Crippen molar-refractivity contribution >= 4 is 23.4 Å². The zero-order chi connectivity index (χ0) is 10.8. The minimum Gasteiger partial charge on any atom is -0.299 e. The molecule has 0 saturated carbocycles. The zero-order valence-electron chi connectivity index (χ0n) is 8.47. The van der Waals surface area contributed by atoms with Crippen molar-refractivity contribution in [3.05, 3.63) is 34.6 Å². The summed E-state index contributed by atoms with van der Waals surface area (Å²) >= 11 is 7.46. The molecule has 2 unspecified atom stereocenters. The Morgan fingerprint density at radius 2 is 2.33 bits per heavy atom. The molecule has 1 fully saturated rings. The predicted octanol–water partition coefficient (Wildman–Crippen LogP) is 3.59. The molecule has 1 aliphatic rings. The molecule has 4 heteroatoms. The van der Waals surface area contributed by atoms with Crippen LogP contribution in [0.25, 0.3) is 0 Å². The van der Waals surface area contributed by atoms with Crippen molar-refractivity contribution < 1.29 is 4.39 Å². The van der Waals surface area contributed by atoms with Gasteiger partial charge in [-0.05, 0) is 31.2 Å². The Balaban J connectivity index is 2.21. The molecule has 2 atom stereocenters. The van der Waals surface area contributed by atoms with Crippen molar-refractivity contribution in [1.82, 2.24) is 5.32 Å². The van der Waals surface area contributed by atoms with Crippen LogP contribution in [0.2, 0.25) is 5.02 Å². The summed E-state index contributed by atoms with van der Waals surface area (Å²) in [6, 6.07) is 5.33. The second-order valence-electron chi connectivity index (χ2n) is 3.77. The summed E-state index contributed by atoms with van der Waals surface area (Å²) in [5.41, 5.74) is 0.705. The monoisotopic (exact) mass is 245 g/mol. The van der Waals surface area contributed by atoms with E-state index in [2.05, 4.69) is 12.2 Å². The second-order valence-corrected chi connectivity index (χ2v) is 5.42. The van der Waals surface area contributed by atoms with E-state index in [1.165, 1.54) is 6.07 Å². The molecule has 0 spiro atoms. The first-order valence-corrected chi connectivity index (χ1v) is 6.42. The molecule has 1 aromatic rings. The van der Waals surface area contributed by atoms with Gasteiger partial charge in [-0.15, -0.1) is 11.8 Å². The van der Waals surface area contributed by atoms with E-state index in [1.54, 1.807) is 23.9 Å². The number of benzene rings is 1. The fraction of sp³-hybridized carbons (Fsp3) is 0.455. The number of halogens is 2. The van der Waals surface area contributed by atoms with Gasteiger partial charge in [0.2, 0.25) is 0 Å². The molecule has 1 N–H and O–H groups in total. The Hall–Kier alpha value is -0.250. The van der Waals surface area contributed by atoms with E-state index in [0.29, 0.717) is 16.6 Å². The van der Waals surface area contributed by atoms with E-state index in [9.17, 15) is 4.39 Å². The summed E-state index contributed by atoms with van der Waals surface area (Å²) < 4.78 is 13.6. The van der Waals surface area contributed by atoms with Gasteiger partial charge in [0.1, 0.15) is 5.82 Å². The molecular weight excluding hydrogens is 233 g/mol. The molecule has 1 nitrogen and oxygen atoms in total. The first kappa shape index (κ1) is 11.2. The first-order chi connectivity index (χ1) is 7.16. The average Bonchev–Trinajstić information content (AvgIpc) is 2.17. The number of hydrogen-bond acceptors (Lipinski definition) is 2. The summed E-state index contributed by atoms with van der Waals surface area (Å²) in [6.45, 7) is 2.13. The van der Waals surface area contributed by atoms with Crippen LogP contribution in [-0.2, 0) is 0 Å². The molecule has 1 aromatic carbocycles. The Bertz CT molecular complexity index is 358. The lowest BCUT2D eigenvalue weighted by atomic mass is 10.1. The van der Waals surface area contributed by atoms with Gasteiger partial charge in [-0.1, -0.05) is 17.7 Å². The summed E-state index contributed by atoms with van der Waals surface area (Å²) in [7, 11) is 0. The van der Waals surface area contributed by atoms with Gasteiger partial charge in [-0.3, -0.25) is 5.32 Å². The summed E-state index contributed by atoms with van der Waals surface area (Å²) in [5.74, 6) is 0.850. The quantitative estimate of drug-likeness (QED) is 0.812. The van der Waals surface area contributed by atoms with Crippen molar-refractivity contribution in [2.24, 2.45) is 0 Å². The molecule has 0 aromatic heterocycles. The van der Waals surface area contributed by atoms with Crippen LogP contribution >= 0.6 is 23.4 Å². The minimum absolute atomic E-state index is 0.0611. The van der Waals surface area contributed by atoms with Gasteiger partial charge in [0.05, 0.1) is 5.37 Å². The van der Waals surface area contributed by atoms with Crippen LogP contribution in [-0.4, -0.2) is 11.8 Å². The third-order valence-corrected chi connectivity index (χ3v) is 3.95. The van der Waals surface area contributed by atoms with Gasteiger partial charge < -0.3 is 0 Å². The van der Waals surface area contributed by atoms with Gasteiger partial charge >= 0.3 is 0 Å². The summed E-state index contributed by atoms with van der Waals surface area (Å²) in [4.78, 5) is 0. The second kappa shape index (κ2) is 4.73. The van der Waals surface area contributed by atoms with Crippen molar-refractivity contribution in [3.63, 3.8) is 0 Å². The van der Waals surface area contributed by atoms with Crippen molar-refractivity contribution in [3.8, 4) is 0 Å². The fourth-order valence-corrected chi connectivity index (χ4v) is 3.23. The topological polar surface area (TPSA) is 12.0 Å². The van der Waals surface area contributed by atoms with E-state index in [4.69, 9.17) is 11.6 Å². The highest BCUT2D eigenvalue weighted by molar-refractivity contribution is 7.99. The Kier molecular flexibility index (Phi) is 3.54. The van der Waals surface area contributed by atoms with E-state index in [0.717, 1.165) is 12.2 Å². The van der Waals surface area contributed by atoms with Crippen LogP contribution in [0.15, 0.2) is 18.2 Å². The van der Waals surface area contributed by atoms with Gasteiger partial charge in [-0.2, -0.15) is 0 Å². The van der Waals surface area contributed by atoms with Crippen molar-refractivity contribution in [2.75, 3.05) is 5.75 Å². The van der Waals surface area contributed by atoms with Gasteiger partial charge in [0.25, 0.3) is 0 Å². The Labute approximate surface area is 98.4 Å². The smallest absolute Gasteiger partial charge is 0.130 e. The molecule has 0 aliphatic carbocycles. The Morgan fingerprint density at radius 1 is 1.53 bits per heavy atom. The third kappa shape index (κ3) is 2.65. The van der Waals surface area contributed by atoms with Crippen LogP contribution in [0.5, 0.6) is 0 Å². The minimum atomic E-state index is -0.221. The van der Waals surface area contributed by atoms with Crippen molar-refractivity contribution in [2.45, 2.75) is 24.8 Å². The van der Waals surface area contributed by atoms with Gasteiger partial charge in [0, 0.05) is 16.6 Å². The molecule has 1 aliphatic heterocycles. The first-order valence-electron chi connectivity index (χ1n) is 4.99. The van der Waals surface area contributed by atoms with Crippen LogP contribution in [0.4, 0.5) is 4.39 Å². The number of nitrogens with one attached hydrogen (secondary N) is 1. The summed E-state index contributed by atoms with van der Waals surface area (Å²) in [5, 5.41) is 3.88. The van der Waals surface area contributed by atoms with Gasteiger partial charge in [0.15, 0.2) is 0 Å². The van der Waals surface area contributed by atoms with E-state index in [-0.39, 0.29) is 11.2 Å². The fourth-order valence-electron chi connectivity index (χ4n) is 1.65. The summed E-state index contributed by atoms with van der Waals surface area (Å²) in [6.07, 6.45) is 1.14. The highest BCUT2D eigenvalue weighted by Crippen LogP contribution is 2.33. The maximum Gasteiger partial charge on any atom is 0.130 e. The lowest BCUT2D eigenvalue weighted by Crippen LogP contribution is -2.33. The normalized spacial score (nSPS) is 26.6. The SMILES string of the molecule is CC1CCSC(c2ccc(Cl)cc2F)N1. The standard InChI is InChI=1S/C11H13ClFNS/c1-7-4-5-15-11(14-7)9-3-2-8(12)6-10(9)13/h2-3,6-7,11,14H,4-5H2,1H3. The van der Waals surface area contributed by atoms with Gasteiger partial charge in [-0.25, -0.2) is 4.39 Å². The third-order valence-electron chi connectivity index (χ3n) is 2.52. The van der Waals surface area contributed by atoms with E-state index in [1.807, 2.05) is 0 Å². The van der Waals surface area contributed by atoms with Crippen LogP contribution in [0.1, 0.15) is 24.3 Å². The Morgan fingerprint density at radius 3 is 3.00 bits per heavy atom. The van der Waals surface area contributed by atoms with Crippen LogP contribution in [0.3, 0.4) is 0 Å². The number of thioether (sulfide) groups is 1. The molecule has 0 radical (unpaired) electrons. The average molecular weight is 246 g/mol. The number of hydrogen-bond donors (Lipinski definition) is 1. The predicted molar refractivity (Wildman–Crippen MR) is 63.8 cm³/mol. The lowest BCUT2D eigenvalue weighted by molar-refractivity contribution is 0.496. The molecule has 0 amide bonds. The number of rotatable bonds is 1. The molecule has 1 heterocycles. The molecule has 82 valence electrons. The zero-order valence-corrected chi connectivity index (χ0v) is 10.0. The van der Waals surface area contributed by atoms with E-state index < -0.39 is 0 Å².